The van der Waals surface area contributed by atoms with Gasteiger partial charge in [-0.3, -0.25) is 4.79 Å². The third-order valence-corrected chi connectivity index (χ3v) is 2.52. The molecule has 0 spiro atoms. The molecule has 2 N–H and O–H groups in total. The molecule has 2 atom stereocenters. The number of hydrogen-bond donors (Lipinski definition) is 1. The van der Waals surface area contributed by atoms with Crippen LogP contribution < -0.4 is 5.73 Å². The number of rotatable bonds is 4. The molecule has 2 unspecified atom stereocenters. The van der Waals surface area contributed by atoms with E-state index in [0.29, 0.717) is 12.4 Å². The van der Waals surface area contributed by atoms with Gasteiger partial charge in [0.15, 0.2) is 0 Å². The van der Waals surface area contributed by atoms with E-state index in [1.165, 1.54) is 0 Å². The second-order valence-corrected chi connectivity index (χ2v) is 3.41. The van der Waals surface area contributed by atoms with E-state index in [4.69, 9.17) is 10.5 Å². The lowest BCUT2D eigenvalue weighted by Crippen LogP contribution is -2.33. The summed E-state index contributed by atoms with van der Waals surface area (Å²) >= 11 is 0. The van der Waals surface area contributed by atoms with Crippen LogP contribution in [0.1, 0.15) is 25.7 Å². The van der Waals surface area contributed by atoms with E-state index in [0.717, 1.165) is 25.7 Å². The normalized spacial score (nSPS) is 26.2. The predicted molar refractivity (Wildman–Crippen MR) is 46.8 cm³/mol. The van der Waals surface area contributed by atoms with Gasteiger partial charge in [0.2, 0.25) is 0 Å². The lowest BCUT2D eigenvalue weighted by molar-refractivity contribution is -0.121. The molecule has 1 rings (SSSR count). The van der Waals surface area contributed by atoms with Gasteiger partial charge in [-0.15, -0.1) is 0 Å². The van der Waals surface area contributed by atoms with Crippen molar-refractivity contribution in [2.45, 2.75) is 31.7 Å². The summed E-state index contributed by atoms with van der Waals surface area (Å²) in [6, 6.07) is 0.0138. The first-order valence-corrected chi connectivity index (χ1v) is 4.53. The van der Waals surface area contributed by atoms with Gasteiger partial charge in [0, 0.05) is 32.1 Å². The Kier molecular flexibility index (Phi) is 3.69. The molecule has 0 aromatic heterocycles. The highest BCUT2D eigenvalue weighted by molar-refractivity contribution is 5.83. The summed E-state index contributed by atoms with van der Waals surface area (Å²) in [7, 11) is 1.66. The summed E-state index contributed by atoms with van der Waals surface area (Å²) in [5.74, 6) is 0.457. The third kappa shape index (κ3) is 2.29. The lowest BCUT2D eigenvalue weighted by Gasteiger charge is -2.16. The summed E-state index contributed by atoms with van der Waals surface area (Å²) < 4.78 is 4.92. The zero-order valence-corrected chi connectivity index (χ0v) is 7.58. The van der Waals surface area contributed by atoms with Gasteiger partial charge in [-0.1, -0.05) is 0 Å². The third-order valence-electron chi connectivity index (χ3n) is 2.52. The monoisotopic (exact) mass is 171 g/mol. The molecule has 0 radical (unpaired) electrons. The number of hydrogen-bond acceptors (Lipinski definition) is 3. The summed E-state index contributed by atoms with van der Waals surface area (Å²) in [4.78, 5) is 11.3. The van der Waals surface area contributed by atoms with Gasteiger partial charge in [0.1, 0.15) is 5.78 Å². The fourth-order valence-electron chi connectivity index (χ4n) is 1.75. The van der Waals surface area contributed by atoms with Crippen LogP contribution in [0.4, 0.5) is 0 Å². The Morgan fingerprint density at radius 3 is 3.00 bits per heavy atom. The average Bonchev–Trinajstić information content (AvgIpc) is 2.47. The second-order valence-electron chi connectivity index (χ2n) is 3.41. The van der Waals surface area contributed by atoms with Crippen molar-refractivity contribution in [3.63, 3.8) is 0 Å². The van der Waals surface area contributed by atoms with Crippen LogP contribution in [0.2, 0.25) is 0 Å². The van der Waals surface area contributed by atoms with Crippen molar-refractivity contribution in [3.05, 3.63) is 0 Å². The summed E-state index contributed by atoms with van der Waals surface area (Å²) in [5, 5.41) is 0. The van der Waals surface area contributed by atoms with Crippen LogP contribution in [0.15, 0.2) is 0 Å². The molecule has 1 saturated carbocycles. The zero-order chi connectivity index (χ0) is 8.97. The molecular weight excluding hydrogens is 154 g/mol. The van der Waals surface area contributed by atoms with Crippen LogP contribution in [-0.2, 0) is 9.53 Å². The van der Waals surface area contributed by atoms with E-state index in [1.54, 1.807) is 7.11 Å². The average molecular weight is 171 g/mol. The highest BCUT2D eigenvalue weighted by atomic mass is 16.5. The van der Waals surface area contributed by atoms with E-state index in [1.807, 2.05) is 0 Å². The Morgan fingerprint density at radius 2 is 2.50 bits per heavy atom. The molecule has 0 aromatic carbocycles. The van der Waals surface area contributed by atoms with Crippen LogP contribution in [0, 0.1) is 5.92 Å². The molecule has 1 aliphatic carbocycles. The Balaban J connectivity index is 2.30. The zero-order valence-electron chi connectivity index (χ0n) is 7.58. The van der Waals surface area contributed by atoms with Gasteiger partial charge in [-0.05, 0) is 19.3 Å². The predicted octanol–water partition coefficient (Wildman–Crippen LogP) is 0.719. The Labute approximate surface area is 73.3 Å². The van der Waals surface area contributed by atoms with Gasteiger partial charge in [-0.2, -0.15) is 0 Å². The van der Waals surface area contributed by atoms with Crippen LogP contribution in [0.25, 0.3) is 0 Å². The molecule has 0 aliphatic heterocycles. The first-order chi connectivity index (χ1) is 5.75. The standard InChI is InChI=1S/C9H17NO2/c1-12-6-5-8(10)7-3-2-4-9(7)11/h7-8H,2-6,10H2,1H3. The maximum atomic E-state index is 11.3. The first kappa shape index (κ1) is 9.68. The van der Waals surface area contributed by atoms with Crippen LogP contribution in [0.5, 0.6) is 0 Å². The maximum Gasteiger partial charge on any atom is 0.137 e. The van der Waals surface area contributed by atoms with E-state index in [2.05, 4.69) is 0 Å². The summed E-state index contributed by atoms with van der Waals surface area (Å²) in [5.41, 5.74) is 5.85. The minimum Gasteiger partial charge on any atom is -0.385 e. The Morgan fingerprint density at radius 1 is 1.75 bits per heavy atom. The Hall–Kier alpha value is -0.410. The van der Waals surface area contributed by atoms with Gasteiger partial charge < -0.3 is 10.5 Å². The van der Waals surface area contributed by atoms with E-state index >= 15 is 0 Å². The van der Waals surface area contributed by atoms with Gasteiger partial charge >= 0.3 is 0 Å². The van der Waals surface area contributed by atoms with E-state index in [9.17, 15) is 4.79 Å². The SMILES string of the molecule is COCCC(N)C1CCCC1=O. The molecule has 1 fully saturated rings. The van der Waals surface area contributed by atoms with Crippen LogP contribution in [-0.4, -0.2) is 25.5 Å². The van der Waals surface area contributed by atoms with Crippen molar-refractivity contribution in [2.24, 2.45) is 11.7 Å². The van der Waals surface area contributed by atoms with Crippen LogP contribution >= 0.6 is 0 Å². The molecule has 70 valence electrons. The van der Waals surface area contributed by atoms with Crippen molar-refractivity contribution in [2.75, 3.05) is 13.7 Å². The highest BCUT2D eigenvalue weighted by Gasteiger charge is 2.29. The van der Waals surface area contributed by atoms with E-state index in [-0.39, 0.29) is 12.0 Å². The molecule has 0 bridgehead atoms. The van der Waals surface area contributed by atoms with Gasteiger partial charge in [0.25, 0.3) is 0 Å². The number of ether oxygens (including phenoxy) is 1. The molecule has 0 heterocycles. The molecule has 0 aromatic rings. The summed E-state index contributed by atoms with van der Waals surface area (Å²) in [6.07, 6.45) is 3.52. The molecule has 0 saturated heterocycles. The van der Waals surface area contributed by atoms with Crippen molar-refractivity contribution in [1.82, 2.24) is 0 Å². The minimum absolute atomic E-state index is 0.0138. The fourth-order valence-corrected chi connectivity index (χ4v) is 1.75. The first-order valence-electron chi connectivity index (χ1n) is 4.53. The number of carbonyl (C=O) groups excluding carboxylic acids is 1. The van der Waals surface area contributed by atoms with Crippen molar-refractivity contribution < 1.29 is 9.53 Å². The van der Waals surface area contributed by atoms with E-state index < -0.39 is 0 Å². The molecule has 1 aliphatic rings. The molecule has 12 heavy (non-hydrogen) atoms. The maximum absolute atomic E-state index is 11.3. The number of methoxy groups -OCH3 is 1. The number of carbonyl (C=O) groups is 1. The second kappa shape index (κ2) is 4.58. The molecule has 3 heteroatoms. The Bertz CT molecular complexity index is 159. The van der Waals surface area contributed by atoms with Gasteiger partial charge in [0.05, 0.1) is 0 Å². The van der Waals surface area contributed by atoms with Crippen molar-refractivity contribution in [3.8, 4) is 0 Å². The quantitative estimate of drug-likeness (QED) is 0.678. The minimum atomic E-state index is 0.0138. The molecular formula is C9H17NO2. The lowest BCUT2D eigenvalue weighted by atomic mass is 9.96. The number of nitrogens with two attached hydrogens (primary N) is 1. The summed E-state index contributed by atoms with van der Waals surface area (Å²) in [6.45, 7) is 0.658. The van der Waals surface area contributed by atoms with Crippen molar-refractivity contribution in [1.29, 1.82) is 0 Å². The highest BCUT2D eigenvalue weighted by Crippen LogP contribution is 2.24. The van der Waals surface area contributed by atoms with Gasteiger partial charge in [-0.25, -0.2) is 0 Å². The van der Waals surface area contributed by atoms with Crippen LogP contribution in [0.3, 0.4) is 0 Å². The molecule has 0 amide bonds. The molecule has 3 nitrogen and oxygen atoms in total. The van der Waals surface area contributed by atoms with Crippen molar-refractivity contribution >= 4 is 5.78 Å². The largest absolute Gasteiger partial charge is 0.385 e. The fraction of sp³-hybridized carbons (Fsp3) is 0.889. The smallest absolute Gasteiger partial charge is 0.137 e. The topological polar surface area (TPSA) is 52.3 Å². The number of ketones is 1. The number of Topliss-reactive ketones (excluding diaryl/α,β-unsaturated/α-hetero) is 1.